The number of esters is 1. The van der Waals surface area contributed by atoms with Gasteiger partial charge in [-0.3, -0.25) is 14.6 Å². The molecule has 0 radical (unpaired) electrons. The van der Waals surface area contributed by atoms with Crippen molar-refractivity contribution in [2.75, 3.05) is 12.4 Å². The molecule has 0 aliphatic heterocycles. The van der Waals surface area contributed by atoms with Crippen LogP contribution in [0, 0.1) is 6.92 Å². The second-order valence-corrected chi connectivity index (χ2v) is 8.62. The molecule has 4 aromatic rings. The summed E-state index contributed by atoms with van der Waals surface area (Å²) in [7, 11) is 1.34. The van der Waals surface area contributed by atoms with Gasteiger partial charge in [-0.15, -0.1) is 10.2 Å². The quantitative estimate of drug-likeness (QED) is 0.293. The number of benzene rings is 3. The van der Waals surface area contributed by atoms with E-state index in [9.17, 15) is 14.4 Å². The number of hydrogen-bond donors (Lipinski definition) is 2. The number of thioether (sulfide) groups is 1. The standard InChI is InChI=1S/C26H22N4O4S/c1-16-8-13-21(27-23(31)18-6-4-3-5-7-18)20(14-16)22-24(32)28-26(30-29-22)35-15-17-9-11-19(12-10-17)25(33)34-2/h3-14H,15H2,1-2H3,(H,27,31)(H,28,30,32). The first kappa shape index (κ1) is 23.9. The third-order valence-electron chi connectivity index (χ3n) is 5.14. The molecular weight excluding hydrogens is 464 g/mol. The van der Waals surface area contributed by atoms with Gasteiger partial charge in [0.05, 0.1) is 18.4 Å². The summed E-state index contributed by atoms with van der Waals surface area (Å²) in [5.74, 6) is -0.162. The van der Waals surface area contributed by atoms with Crippen molar-refractivity contribution >= 4 is 29.3 Å². The van der Waals surface area contributed by atoms with Crippen LogP contribution in [0.5, 0.6) is 0 Å². The Bertz CT molecular complexity index is 1420. The van der Waals surface area contributed by atoms with E-state index in [1.54, 1.807) is 48.5 Å². The van der Waals surface area contributed by atoms with Crippen LogP contribution in [0.4, 0.5) is 5.69 Å². The van der Waals surface area contributed by atoms with Crippen molar-refractivity contribution in [3.63, 3.8) is 0 Å². The molecule has 4 rings (SSSR count). The molecule has 1 aromatic heterocycles. The molecule has 1 amide bonds. The lowest BCUT2D eigenvalue weighted by Crippen LogP contribution is -2.17. The lowest BCUT2D eigenvalue weighted by Gasteiger charge is -2.11. The van der Waals surface area contributed by atoms with Crippen molar-refractivity contribution < 1.29 is 14.3 Å². The van der Waals surface area contributed by atoms with Crippen LogP contribution >= 0.6 is 11.8 Å². The SMILES string of the molecule is COC(=O)c1ccc(CSc2nnc(-c3cc(C)ccc3NC(=O)c3ccccc3)c(=O)[nH]2)cc1. The van der Waals surface area contributed by atoms with Crippen LogP contribution in [0.1, 0.15) is 31.8 Å². The molecular formula is C26H22N4O4S. The summed E-state index contributed by atoms with van der Waals surface area (Å²) in [6.45, 7) is 1.89. The number of anilines is 1. The predicted molar refractivity (Wildman–Crippen MR) is 135 cm³/mol. The van der Waals surface area contributed by atoms with Gasteiger partial charge in [-0.1, -0.05) is 53.7 Å². The summed E-state index contributed by atoms with van der Waals surface area (Å²) in [5.41, 5.74) is 3.48. The van der Waals surface area contributed by atoms with Crippen LogP contribution in [0.2, 0.25) is 0 Å². The molecule has 0 saturated heterocycles. The maximum Gasteiger partial charge on any atom is 0.337 e. The number of methoxy groups -OCH3 is 1. The van der Waals surface area contributed by atoms with Crippen molar-refractivity contribution in [3.8, 4) is 11.3 Å². The maximum absolute atomic E-state index is 12.9. The van der Waals surface area contributed by atoms with E-state index >= 15 is 0 Å². The van der Waals surface area contributed by atoms with Crippen molar-refractivity contribution in [2.45, 2.75) is 17.8 Å². The highest BCUT2D eigenvalue weighted by Crippen LogP contribution is 2.27. The minimum atomic E-state index is -0.413. The molecule has 0 saturated carbocycles. The zero-order chi connectivity index (χ0) is 24.8. The molecule has 0 aliphatic carbocycles. The van der Waals surface area contributed by atoms with Crippen molar-refractivity contribution in [1.82, 2.24) is 15.2 Å². The van der Waals surface area contributed by atoms with E-state index in [1.165, 1.54) is 18.9 Å². The first-order valence-corrected chi connectivity index (χ1v) is 11.7. The number of H-pyrrole nitrogens is 1. The van der Waals surface area contributed by atoms with Gasteiger partial charge >= 0.3 is 5.97 Å². The number of aromatic amines is 1. The Kier molecular flexibility index (Phi) is 7.37. The van der Waals surface area contributed by atoms with Gasteiger partial charge < -0.3 is 10.1 Å². The first-order valence-electron chi connectivity index (χ1n) is 10.7. The normalized spacial score (nSPS) is 10.6. The van der Waals surface area contributed by atoms with Gasteiger partial charge in [-0.05, 0) is 48.9 Å². The number of aromatic nitrogens is 3. The van der Waals surface area contributed by atoms with Gasteiger partial charge in [0.1, 0.15) is 0 Å². The zero-order valence-electron chi connectivity index (χ0n) is 19.1. The van der Waals surface area contributed by atoms with Crippen LogP contribution in [-0.2, 0) is 10.5 Å². The van der Waals surface area contributed by atoms with E-state index in [4.69, 9.17) is 4.74 Å². The fraction of sp³-hybridized carbons (Fsp3) is 0.115. The molecule has 0 atom stereocenters. The number of nitrogens with zero attached hydrogens (tertiary/aromatic N) is 2. The number of hydrogen-bond acceptors (Lipinski definition) is 7. The highest BCUT2D eigenvalue weighted by atomic mass is 32.2. The van der Waals surface area contributed by atoms with Crippen molar-refractivity contribution in [1.29, 1.82) is 0 Å². The molecule has 8 nitrogen and oxygen atoms in total. The average molecular weight is 487 g/mol. The van der Waals surface area contributed by atoms with Gasteiger partial charge in [0.25, 0.3) is 11.5 Å². The number of amides is 1. The molecule has 0 fully saturated rings. The molecule has 35 heavy (non-hydrogen) atoms. The van der Waals surface area contributed by atoms with E-state index in [2.05, 4.69) is 20.5 Å². The van der Waals surface area contributed by atoms with E-state index in [0.717, 1.165) is 11.1 Å². The van der Waals surface area contributed by atoms with Crippen LogP contribution < -0.4 is 10.9 Å². The second kappa shape index (κ2) is 10.8. The summed E-state index contributed by atoms with van der Waals surface area (Å²) in [6.07, 6.45) is 0. The molecule has 9 heteroatoms. The Morgan fingerprint density at radius 2 is 1.71 bits per heavy atom. The molecule has 0 unspecified atom stereocenters. The van der Waals surface area contributed by atoms with E-state index in [-0.39, 0.29) is 11.6 Å². The Hall–Kier alpha value is -4.24. The van der Waals surface area contributed by atoms with E-state index < -0.39 is 11.5 Å². The fourth-order valence-corrected chi connectivity index (χ4v) is 4.08. The number of carbonyl (C=O) groups excluding carboxylic acids is 2. The minimum Gasteiger partial charge on any atom is -0.465 e. The average Bonchev–Trinajstić information content (AvgIpc) is 2.89. The van der Waals surface area contributed by atoms with Crippen LogP contribution in [0.3, 0.4) is 0 Å². The zero-order valence-corrected chi connectivity index (χ0v) is 19.9. The fourth-order valence-electron chi connectivity index (χ4n) is 3.32. The smallest absolute Gasteiger partial charge is 0.337 e. The number of aryl methyl sites for hydroxylation is 1. The van der Waals surface area contributed by atoms with Gasteiger partial charge in [0.15, 0.2) is 10.9 Å². The second-order valence-electron chi connectivity index (χ2n) is 7.65. The van der Waals surface area contributed by atoms with E-state index in [0.29, 0.717) is 33.3 Å². The number of carbonyl (C=O) groups is 2. The third-order valence-corrected chi connectivity index (χ3v) is 6.08. The van der Waals surface area contributed by atoms with Crippen molar-refractivity contribution in [3.05, 3.63) is 105 Å². The summed E-state index contributed by atoms with van der Waals surface area (Å²) >= 11 is 1.31. The number of nitrogens with one attached hydrogen (secondary N) is 2. The van der Waals surface area contributed by atoms with Crippen LogP contribution in [0.25, 0.3) is 11.3 Å². The Balaban J connectivity index is 1.52. The van der Waals surface area contributed by atoms with Gasteiger partial charge in [-0.2, -0.15) is 0 Å². The predicted octanol–water partition coefficient (Wildman–Crippen LogP) is 4.47. The molecule has 0 spiro atoms. The van der Waals surface area contributed by atoms with Crippen LogP contribution in [-0.4, -0.2) is 34.2 Å². The van der Waals surface area contributed by atoms with Crippen molar-refractivity contribution in [2.24, 2.45) is 0 Å². The maximum atomic E-state index is 12.9. The summed E-state index contributed by atoms with van der Waals surface area (Å²) in [4.78, 5) is 39.9. The summed E-state index contributed by atoms with van der Waals surface area (Å²) in [6, 6.07) is 21.2. The topological polar surface area (TPSA) is 114 Å². The monoisotopic (exact) mass is 486 g/mol. The molecule has 1 heterocycles. The van der Waals surface area contributed by atoms with Gasteiger partial charge in [0, 0.05) is 16.9 Å². The number of rotatable bonds is 7. The van der Waals surface area contributed by atoms with Crippen LogP contribution in [0.15, 0.2) is 82.7 Å². The summed E-state index contributed by atoms with van der Waals surface area (Å²) in [5, 5.41) is 11.6. The van der Waals surface area contributed by atoms with E-state index in [1.807, 2.05) is 31.2 Å². The highest BCUT2D eigenvalue weighted by molar-refractivity contribution is 7.98. The highest BCUT2D eigenvalue weighted by Gasteiger charge is 2.16. The lowest BCUT2D eigenvalue weighted by atomic mass is 10.1. The molecule has 0 aliphatic rings. The number of ether oxygens (including phenoxy) is 1. The molecule has 3 aromatic carbocycles. The largest absolute Gasteiger partial charge is 0.465 e. The summed E-state index contributed by atoms with van der Waals surface area (Å²) < 4.78 is 4.70. The first-order chi connectivity index (χ1) is 16.9. The Morgan fingerprint density at radius 1 is 0.971 bits per heavy atom. The molecule has 0 bridgehead atoms. The third kappa shape index (κ3) is 5.82. The molecule has 176 valence electrons. The Labute approximate surface area is 205 Å². The van der Waals surface area contributed by atoms with Gasteiger partial charge in [-0.25, -0.2) is 4.79 Å². The molecule has 2 N–H and O–H groups in total. The van der Waals surface area contributed by atoms with Gasteiger partial charge in [0.2, 0.25) is 0 Å². The Morgan fingerprint density at radius 3 is 2.40 bits per heavy atom. The minimum absolute atomic E-state index is 0.115. The lowest BCUT2D eigenvalue weighted by molar-refractivity contribution is 0.0600.